The first-order valence-electron chi connectivity index (χ1n) is 7.82. The minimum Gasteiger partial charge on any atom is -0.377 e. The molecule has 2 rings (SSSR count). The van der Waals surface area contributed by atoms with Crippen LogP contribution in [0.1, 0.15) is 26.3 Å². The van der Waals surface area contributed by atoms with Gasteiger partial charge in [-0.25, -0.2) is 0 Å². The van der Waals surface area contributed by atoms with Crippen LogP contribution in [0.25, 0.3) is 0 Å². The molecule has 0 spiro atoms. The van der Waals surface area contributed by atoms with E-state index in [4.69, 9.17) is 0 Å². The summed E-state index contributed by atoms with van der Waals surface area (Å²) in [5, 5.41) is 2.94. The van der Waals surface area contributed by atoms with Gasteiger partial charge in [0, 0.05) is 37.6 Å². The van der Waals surface area contributed by atoms with Crippen molar-refractivity contribution in [3.63, 3.8) is 0 Å². The van der Waals surface area contributed by atoms with E-state index in [-0.39, 0.29) is 11.3 Å². The maximum atomic E-state index is 12.1. The van der Waals surface area contributed by atoms with Gasteiger partial charge in [0.2, 0.25) is 6.54 Å². The summed E-state index contributed by atoms with van der Waals surface area (Å²) in [6.45, 7) is 6.83. The van der Waals surface area contributed by atoms with Crippen molar-refractivity contribution in [2.45, 2.75) is 32.7 Å². The van der Waals surface area contributed by atoms with E-state index in [2.05, 4.69) is 38.2 Å². The van der Waals surface area contributed by atoms with Crippen LogP contribution >= 0.6 is 0 Å². The predicted molar refractivity (Wildman–Crippen MR) is 94.7 cm³/mol. The van der Waals surface area contributed by atoms with Crippen LogP contribution in [0.3, 0.4) is 0 Å². The zero-order valence-electron chi connectivity index (χ0n) is 14.6. The highest BCUT2D eigenvalue weighted by atomic mass is 16.1. The van der Waals surface area contributed by atoms with Crippen molar-refractivity contribution in [2.24, 2.45) is 0 Å². The molecule has 2 aromatic rings. The first-order chi connectivity index (χ1) is 10.8. The number of carbonyl (C=O) groups is 1. The molecule has 0 saturated carbocycles. The zero-order valence-corrected chi connectivity index (χ0v) is 14.6. The number of nitrogens with zero attached hydrogens (tertiary/aromatic N) is 2. The number of amides is 1. The Balaban J connectivity index is 1.96. The molecule has 4 heteroatoms. The average molecular weight is 312 g/mol. The SMILES string of the molecule is CN(C)c1cc[n+](CC(=O)Nc2ccc(C(C)(C)C)cc2)cc1. The van der Waals surface area contributed by atoms with Crippen LogP contribution in [0.2, 0.25) is 0 Å². The Hall–Kier alpha value is -2.36. The van der Waals surface area contributed by atoms with Crippen molar-refractivity contribution in [1.29, 1.82) is 0 Å². The molecule has 0 radical (unpaired) electrons. The molecule has 0 aliphatic carbocycles. The standard InChI is InChI=1S/C19H25N3O/c1-19(2,3)15-6-8-16(9-7-15)20-18(23)14-22-12-10-17(11-13-22)21(4)5/h6-13H,14H2,1-5H3/p+1. The Kier molecular flexibility index (Phi) is 5.04. The molecular weight excluding hydrogens is 286 g/mol. The summed E-state index contributed by atoms with van der Waals surface area (Å²) < 4.78 is 1.87. The largest absolute Gasteiger partial charge is 0.377 e. The number of rotatable bonds is 4. The summed E-state index contributed by atoms with van der Waals surface area (Å²) >= 11 is 0. The number of benzene rings is 1. The third-order valence-corrected chi connectivity index (χ3v) is 3.75. The molecule has 1 heterocycles. The molecule has 0 bridgehead atoms. The lowest BCUT2D eigenvalue weighted by atomic mass is 9.87. The lowest BCUT2D eigenvalue weighted by Crippen LogP contribution is -2.39. The van der Waals surface area contributed by atoms with Crippen molar-refractivity contribution in [3.05, 3.63) is 54.4 Å². The van der Waals surface area contributed by atoms with Crippen LogP contribution in [-0.2, 0) is 16.8 Å². The molecule has 1 aromatic carbocycles. The Labute approximate surface area is 138 Å². The summed E-state index contributed by atoms with van der Waals surface area (Å²) in [6.07, 6.45) is 3.83. The zero-order chi connectivity index (χ0) is 17.0. The van der Waals surface area contributed by atoms with Gasteiger partial charge in [-0.15, -0.1) is 0 Å². The molecule has 4 nitrogen and oxygen atoms in total. The minimum absolute atomic E-state index is 0.0314. The Bertz CT molecular complexity index is 653. The first kappa shape index (κ1) is 17.0. The van der Waals surface area contributed by atoms with E-state index in [0.717, 1.165) is 11.4 Å². The minimum atomic E-state index is -0.0314. The fourth-order valence-electron chi connectivity index (χ4n) is 2.27. The fourth-order valence-corrected chi connectivity index (χ4v) is 2.27. The monoisotopic (exact) mass is 312 g/mol. The van der Waals surface area contributed by atoms with Crippen molar-refractivity contribution in [3.8, 4) is 0 Å². The number of anilines is 2. The summed E-state index contributed by atoms with van der Waals surface area (Å²) in [5.41, 5.74) is 3.31. The van der Waals surface area contributed by atoms with Crippen LogP contribution in [0.5, 0.6) is 0 Å². The van der Waals surface area contributed by atoms with E-state index in [0.29, 0.717) is 6.54 Å². The number of aromatic nitrogens is 1. The van der Waals surface area contributed by atoms with Gasteiger partial charge in [0.25, 0.3) is 5.91 Å². The van der Waals surface area contributed by atoms with E-state index in [1.807, 2.05) is 60.2 Å². The number of pyridine rings is 1. The molecule has 0 aliphatic rings. The molecule has 1 N–H and O–H groups in total. The smallest absolute Gasteiger partial charge is 0.290 e. The van der Waals surface area contributed by atoms with Gasteiger partial charge in [0.15, 0.2) is 12.4 Å². The van der Waals surface area contributed by atoms with E-state index in [9.17, 15) is 4.79 Å². The molecule has 23 heavy (non-hydrogen) atoms. The van der Waals surface area contributed by atoms with Gasteiger partial charge >= 0.3 is 0 Å². The third-order valence-electron chi connectivity index (χ3n) is 3.75. The van der Waals surface area contributed by atoms with Gasteiger partial charge in [-0.3, -0.25) is 4.79 Å². The first-order valence-corrected chi connectivity index (χ1v) is 7.82. The maximum absolute atomic E-state index is 12.1. The van der Waals surface area contributed by atoms with Gasteiger partial charge in [-0.05, 0) is 23.1 Å². The van der Waals surface area contributed by atoms with Crippen molar-refractivity contribution in [2.75, 3.05) is 24.3 Å². The molecule has 122 valence electrons. The summed E-state index contributed by atoms with van der Waals surface area (Å²) in [7, 11) is 3.99. The lowest BCUT2D eigenvalue weighted by molar-refractivity contribution is -0.684. The molecule has 1 aromatic heterocycles. The summed E-state index contributed by atoms with van der Waals surface area (Å²) in [5.74, 6) is -0.0314. The quantitative estimate of drug-likeness (QED) is 0.881. The fraction of sp³-hybridized carbons (Fsp3) is 0.368. The van der Waals surface area contributed by atoms with Gasteiger partial charge in [-0.1, -0.05) is 32.9 Å². The van der Waals surface area contributed by atoms with Gasteiger partial charge in [0.1, 0.15) is 0 Å². The van der Waals surface area contributed by atoms with Gasteiger partial charge in [0.05, 0.1) is 0 Å². The second-order valence-electron chi connectivity index (χ2n) is 7.00. The highest BCUT2D eigenvalue weighted by molar-refractivity contribution is 5.89. The normalized spacial score (nSPS) is 11.2. The van der Waals surface area contributed by atoms with Crippen LogP contribution in [0.15, 0.2) is 48.8 Å². The molecule has 0 unspecified atom stereocenters. The molecular formula is C19H26N3O+. The van der Waals surface area contributed by atoms with E-state index in [1.54, 1.807) is 0 Å². The highest BCUT2D eigenvalue weighted by Crippen LogP contribution is 2.23. The Morgan fingerprint density at radius 3 is 2.09 bits per heavy atom. The van der Waals surface area contributed by atoms with E-state index >= 15 is 0 Å². The molecule has 0 fully saturated rings. The second-order valence-corrected chi connectivity index (χ2v) is 7.00. The molecule has 0 atom stereocenters. The lowest BCUT2D eigenvalue weighted by Gasteiger charge is -2.19. The Morgan fingerprint density at radius 2 is 1.61 bits per heavy atom. The summed E-state index contributed by atoms with van der Waals surface area (Å²) in [6, 6.07) is 12.0. The summed E-state index contributed by atoms with van der Waals surface area (Å²) in [4.78, 5) is 14.2. The number of nitrogens with one attached hydrogen (secondary N) is 1. The number of hydrogen-bond acceptors (Lipinski definition) is 2. The second kappa shape index (κ2) is 6.82. The van der Waals surface area contributed by atoms with E-state index in [1.165, 1.54) is 5.56 Å². The van der Waals surface area contributed by atoms with Crippen LogP contribution in [0, 0.1) is 0 Å². The van der Waals surface area contributed by atoms with Crippen LogP contribution in [0.4, 0.5) is 11.4 Å². The van der Waals surface area contributed by atoms with Gasteiger partial charge in [-0.2, -0.15) is 4.57 Å². The molecule has 0 saturated heterocycles. The molecule has 1 amide bonds. The Morgan fingerprint density at radius 1 is 1.04 bits per heavy atom. The number of carbonyl (C=O) groups excluding carboxylic acids is 1. The topological polar surface area (TPSA) is 36.2 Å². The van der Waals surface area contributed by atoms with Crippen LogP contribution < -0.4 is 14.8 Å². The highest BCUT2D eigenvalue weighted by Gasteiger charge is 2.14. The average Bonchev–Trinajstić information content (AvgIpc) is 2.47. The van der Waals surface area contributed by atoms with Crippen molar-refractivity contribution >= 4 is 17.3 Å². The van der Waals surface area contributed by atoms with Crippen LogP contribution in [-0.4, -0.2) is 20.0 Å². The van der Waals surface area contributed by atoms with E-state index < -0.39 is 0 Å². The molecule has 0 aliphatic heterocycles. The predicted octanol–water partition coefficient (Wildman–Crippen LogP) is 2.98. The van der Waals surface area contributed by atoms with Gasteiger partial charge < -0.3 is 10.2 Å². The van der Waals surface area contributed by atoms with Crippen molar-refractivity contribution < 1.29 is 9.36 Å². The third kappa shape index (κ3) is 4.81. The van der Waals surface area contributed by atoms with Crippen molar-refractivity contribution in [1.82, 2.24) is 0 Å². The number of hydrogen-bond donors (Lipinski definition) is 1. The maximum Gasteiger partial charge on any atom is 0.290 e.